The molecule has 2 rings (SSSR count). The fraction of sp³-hybridized carbons (Fsp3) is 0.714. The molecule has 0 bridgehead atoms. The molecule has 0 atom stereocenters. The van der Waals surface area contributed by atoms with Crippen molar-refractivity contribution in [3.8, 4) is 0 Å². The van der Waals surface area contributed by atoms with E-state index in [9.17, 15) is 0 Å². The molecule has 0 saturated heterocycles. The monoisotopic (exact) mass is 201 g/mol. The van der Waals surface area contributed by atoms with Crippen molar-refractivity contribution in [2.45, 2.75) is 23.2 Å². The predicted octanol–water partition coefficient (Wildman–Crippen LogP) is 1.38. The van der Waals surface area contributed by atoms with Gasteiger partial charge in [-0.15, -0.1) is 0 Å². The first-order valence-corrected chi connectivity index (χ1v) is 5.84. The molecule has 1 aromatic rings. The molecule has 0 amide bonds. The molecule has 1 saturated carbocycles. The van der Waals surface area contributed by atoms with Gasteiger partial charge in [-0.1, -0.05) is 11.8 Å². The van der Waals surface area contributed by atoms with Gasteiger partial charge in [0, 0.05) is 18.3 Å². The summed E-state index contributed by atoms with van der Waals surface area (Å²) in [5.74, 6) is 1.10. The van der Waals surface area contributed by atoms with E-state index >= 15 is 0 Å². The number of nitrogens with one attached hydrogen (secondary N) is 1. The van der Waals surface area contributed by atoms with Crippen LogP contribution < -0.4 is 5.32 Å². The summed E-state index contributed by atoms with van der Waals surface area (Å²) in [5.41, 5.74) is 0. The fourth-order valence-corrected chi connectivity index (χ4v) is 2.30. The van der Waals surface area contributed by atoms with E-state index in [0.29, 0.717) is 0 Å². The smallest absolute Gasteiger partial charge is 0.169 e. The van der Waals surface area contributed by atoms with Crippen molar-refractivity contribution in [1.29, 1.82) is 0 Å². The number of thioether (sulfide) groups is 1. The third-order valence-corrected chi connectivity index (χ3v) is 3.48. The summed E-state index contributed by atoms with van der Waals surface area (Å²) >= 11 is 3.25. The Morgan fingerprint density at radius 2 is 2.58 bits per heavy atom. The molecule has 0 unspecified atom stereocenters. The van der Waals surface area contributed by atoms with E-state index in [4.69, 9.17) is 0 Å². The maximum Gasteiger partial charge on any atom is 0.169 e. The molecule has 0 aromatic carbocycles. The minimum atomic E-state index is 0.819. The summed E-state index contributed by atoms with van der Waals surface area (Å²) < 4.78 is 5.01. The number of aromatic nitrogens is 2. The zero-order valence-corrected chi connectivity index (χ0v) is 8.33. The quantitative estimate of drug-likeness (QED) is 0.577. The highest BCUT2D eigenvalue weighted by Crippen LogP contribution is 2.20. The molecule has 1 aliphatic rings. The second-order valence-corrected chi connectivity index (χ2v) is 4.91. The van der Waals surface area contributed by atoms with Crippen LogP contribution in [0.1, 0.15) is 12.8 Å². The molecule has 0 aliphatic heterocycles. The lowest BCUT2D eigenvalue weighted by Crippen LogP contribution is -2.18. The average Bonchev–Trinajstić information content (AvgIpc) is 2.76. The standard InChI is InChI=1S/C7H11N3S2/c1-2-6(1)8-3-4-11-7-9-5-10-12-7/h5-6,8H,1-4H2. The second-order valence-electron chi connectivity index (χ2n) is 2.78. The van der Waals surface area contributed by atoms with E-state index in [2.05, 4.69) is 14.7 Å². The van der Waals surface area contributed by atoms with Crippen LogP contribution in [0.2, 0.25) is 0 Å². The minimum Gasteiger partial charge on any atom is -0.313 e. The maximum atomic E-state index is 4.09. The highest BCUT2D eigenvalue weighted by atomic mass is 32.2. The second kappa shape index (κ2) is 4.20. The van der Waals surface area contributed by atoms with E-state index in [-0.39, 0.29) is 0 Å². The van der Waals surface area contributed by atoms with Gasteiger partial charge in [0.25, 0.3) is 0 Å². The molecule has 1 N–H and O–H groups in total. The van der Waals surface area contributed by atoms with E-state index in [0.717, 1.165) is 22.7 Å². The van der Waals surface area contributed by atoms with Gasteiger partial charge in [-0.2, -0.15) is 4.37 Å². The van der Waals surface area contributed by atoms with Crippen molar-refractivity contribution < 1.29 is 0 Å². The van der Waals surface area contributed by atoms with Gasteiger partial charge in [0.1, 0.15) is 6.33 Å². The Morgan fingerprint density at radius 3 is 3.25 bits per heavy atom. The molecule has 12 heavy (non-hydrogen) atoms. The first-order chi connectivity index (χ1) is 5.95. The largest absolute Gasteiger partial charge is 0.313 e. The summed E-state index contributed by atoms with van der Waals surface area (Å²) in [6.07, 6.45) is 4.34. The van der Waals surface area contributed by atoms with Gasteiger partial charge in [-0.05, 0) is 24.4 Å². The molecule has 1 aromatic heterocycles. The summed E-state index contributed by atoms with van der Waals surface area (Å²) in [6.45, 7) is 1.09. The molecular formula is C7H11N3S2. The van der Waals surface area contributed by atoms with Crippen molar-refractivity contribution in [2.75, 3.05) is 12.3 Å². The highest BCUT2D eigenvalue weighted by molar-refractivity contribution is 8.00. The maximum absolute atomic E-state index is 4.09. The molecule has 1 heterocycles. The van der Waals surface area contributed by atoms with Gasteiger partial charge in [-0.3, -0.25) is 0 Å². The predicted molar refractivity (Wildman–Crippen MR) is 51.7 cm³/mol. The normalized spacial score (nSPS) is 16.7. The molecule has 66 valence electrons. The molecule has 1 aliphatic carbocycles. The van der Waals surface area contributed by atoms with Crippen LogP contribution in [0, 0.1) is 0 Å². The summed E-state index contributed by atoms with van der Waals surface area (Å²) in [6, 6.07) is 0.819. The van der Waals surface area contributed by atoms with Crippen LogP contribution in [0.25, 0.3) is 0 Å². The molecule has 5 heteroatoms. The molecule has 0 radical (unpaired) electrons. The number of hydrogen-bond donors (Lipinski definition) is 1. The van der Waals surface area contributed by atoms with Crippen molar-refractivity contribution in [3.05, 3.63) is 6.33 Å². The van der Waals surface area contributed by atoms with E-state index in [1.165, 1.54) is 24.4 Å². The van der Waals surface area contributed by atoms with Gasteiger partial charge in [0.15, 0.2) is 4.34 Å². The average molecular weight is 201 g/mol. The topological polar surface area (TPSA) is 37.8 Å². The molecule has 0 spiro atoms. The van der Waals surface area contributed by atoms with Crippen molar-refractivity contribution in [3.63, 3.8) is 0 Å². The Hall–Kier alpha value is -0.130. The van der Waals surface area contributed by atoms with E-state index < -0.39 is 0 Å². The molecule has 1 fully saturated rings. The van der Waals surface area contributed by atoms with Gasteiger partial charge < -0.3 is 5.32 Å². The summed E-state index contributed by atoms with van der Waals surface area (Å²) in [4.78, 5) is 4.09. The van der Waals surface area contributed by atoms with Gasteiger partial charge >= 0.3 is 0 Å². The Kier molecular flexibility index (Phi) is 2.97. The van der Waals surface area contributed by atoms with Crippen molar-refractivity contribution >= 4 is 23.3 Å². The minimum absolute atomic E-state index is 0.819. The Bertz CT molecular complexity index is 221. The van der Waals surface area contributed by atoms with Gasteiger partial charge in [0.05, 0.1) is 0 Å². The van der Waals surface area contributed by atoms with Crippen LogP contribution >= 0.6 is 23.3 Å². The van der Waals surface area contributed by atoms with E-state index in [1.807, 2.05) is 0 Å². The zero-order chi connectivity index (χ0) is 8.23. The third kappa shape index (κ3) is 2.73. The lowest BCUT2D eigenvalue weighted by molar-refractivity contribution is 0.726. The lowest BCUT2D eigenvalue weighted by atomic mass is 10.6. The van der Waals surface area contributed by atoms with Crippen LogP contribution in [-0.2, 0) is 0 Å². The van der Waals surface area contributed by atoms with Crippen molar-refractivity contribution in [1.82, 2.24) is 14.7 Å². The van der Waals surface area contributed by atoms with Crippen LogP contribution in [-0.4, -0.2) is 27.7 Å². The van der Waals surface area contributed by atoms with Crippen LogP contribution in [0.15, 0.2) is 10.7 Å². The Labute approximate surface area is 80.1 Å². The first kappa shape index (κ1) is 8.47. The lowest BCUT2D eigenvalue weighted by Gasteiger charge is -1.98. The Balaban J connectivity index is 1.56. The fourth-order valence-electron chi connectivity index (χ4n) is 0.915. The zero-order valence-electron chi connectivity index (χ0n) is 6.69. The highest BCUT2D eigenvalue weighted by Gasteiger charge is 2.19. The molecular weight excluding hydrogens is 190 g/mol. The van der Waals surface area contributed by atoms with Gasteiger partial charge in [-0.25, -0.2) is 4.98 Å². The third-order valence-electron chi connectivity index (χ3n) is 1.68. The van der Waals surface area contributed by atoms with Crippen molar-refractivity contribution in [2.24, 2.45) is 0 Å². The summed E-state index contributed by atoms with van der Waals surface area (Å²) in [7, 11) is 0. The number of hydrogen-bond acceptors (Lipinski definition) is 5. The summed E-state index contributed by atoms with van der Waals surface area (Å²) in [5, 5.41) is 3.45. The van der Waals surface area contributed by atoms with Gasteiger partial charge in [0.2, 0.25) is 0 Å². The number of rotatable bonds is 5. The molecule has 3 nitrogen and oxygen atoms in total. The van der Waals surface area contributed by atoms with Crippen LogP contribution in [0.5, 0.6) is 0 Å². The van der Waals surface area contributed by atoms with Crippen LogP contribution in [0.4, 0.5) is 0 Å². The number of nitrogens with zero attached hydrogens (tertiary/aromatic N) is 2. The van der Waals surface area contributed by atoms with Crippen LogP contribution in [0.3, 0.4) is 0 Å². The Morgan fingerprint density at radius 1 is 1.67 bits per heavy atom. The van der Waals surface area contributed by atoms with E-state index in [1.54, 1.807) is 18.1 Å². The SMILES string of the molecule is c1nsc(SCCNC2CC2)n1. The first-order valence-electron chi connectivity index (χ1n) is 4.08.